The van der Waals surface area contributed by atoms with Crippen LogP contribution in [-0.2, 0) is 6.42 Å². The second-order valence-corrected chi connectivity index (χ2v) is 4.39. The topological polar surface area (TPSA) is 38.1 Å². The van der Waals surface area contributed by atoms with E-state index in [1.54, 1.807) is 0 Å². The second-order valence-electron chi connectivity index (χ2n) is 4.39. The van der Waals surface area contributed by atoms with Crippen molar-refractivity contribution in [3.63, 3.8) is 0 Å². The summed E-state index contributed by atoms with van der Waals surface area (Å²) in [4.78, 5) is 4.48. The molecule has 2 rings (SSSR count). The van der Waals surface area contributed by atoms with Crippen molar-refractivity contribution in [1.29, 1.82) is 0 Å². The molecule has 2 heterocycles. The fourth-order valence-electron chi connectivity index (χ4n) is 1.87. The molecule has 0 saturated carbocycles. The SMILES string of the molecule is CC(C)c1nc(CC2CCNC2)co1. The first-order chi connectivity index (χ1) is 6.75. The average molecular weight is 194 g/mol. The Morgan fingerprint density at radius 2 is 2.50 bits per heavy atom. The van der Waals surface area contributed by atoms with Crippen LogP contribution >= 0.6 is 0 Å². The molecule has 3 heteroatoms. The van der Waals surface area contributed by atoms with Gasteiger partial charge in [0.1, 0.15) is 6.26 Å². The van der Waals surface area contributed by atoms with E-state index >= 15 is 0 Å². The molecule has 1 aromatic rings. The second kappa shape index (κ2) is 4.13. The summed E-state index contributed by atoms with van der Waals surface area (Å²) in [5.41, 5.74) is 1.11. The molecular formula is C11H18N2O. The summed E-state index contributed by atoms with van der Waals surface area (Å²) < 4.78 is 5.40. The number of rotatable bonds is 3. The Balaban J connectivity index is 1.95. The summed E-state index contributed by atoms with van der Waals surface area (Å²) in [6.45, 7) is 6.49. The third kappa shape index (κ3) is 2.15. The highest BCUT2D eigenvalue weighted by Gasteiger charge is 2.17. The van der Waals surface area contributed by atoms with Crippen molar-refractivity contribution in [2.45, 2.75) is 32.6 Å². The molecule has 0 aliphatic carbocycles. The molecule has 1 fully saturated rings. The maximum Gasteiger partial charge on any atom is 0.196 e. The first-order valence-corrected chi connectivity index (χ1v) is 5.40. The van der Waals surface area contributed by atoms with Crippen LogP contribution in [0.1, 0.15) is 37.8 Å². The van der Waals surface area contributed by atoms with Gasteiger partial charge in [0.05, 0.1) is 5.69 Å². The lowest BCUT2D eigenvalue weighted by molar-refractivity contribution is 0.470. The number of aromatic nitrogens is 1. The molecule has 3 nitrogen and oxygen atoms in total. The first kappa shape index (κ1) is 9.71. The highest BCUT2D eigenvalue weighted by atomic mass is 16.3. The molecule has 1 atom stereocenters. The predicted octanol–water partition coefficient (Wildman–Crippen LogP) is 1.95. The molecule has 1 aliphatic heterocycles. The van der Waals surface area contributed by atoms with Crippen molar-refractivity contribution < 1.29 is 4.42 Å². The smallest absolute Gasteiger partial charge is 0.196 e. The van der Waals surface area contributed by atoms with Gasteiger partial charge in [0.25, 0.3) is 0 Å². The summed E-state index contributed by atoms with van der Waals surface area (Å²) in [6, 6.07) is 0. The fourth-order valence-corrected chi connectivity index (χ4v) is 1.87. The van der Waals surface area contributed by atoms with E-state index in [0.29, 0.717) is 5.92 Å². The van der Waals surface area contributed by atoms with Crippen LogP contribution in [0.3, 0.4) is 0 Å². The molecule has 0 spiro atoms. The minimum atomic E-state index is 0.394. The van der Waals surface area contributed by atoms with Crippen LogP contribution in [-0.4, -0.2) is 18.1 Å². The number of nitrogens with zero attached hydrogens (tertiary/aromatic N) is 1. The summed E-state index contributed by atoms with van der Waals surface area (Å²) in [5, 5.41) is 3.36. The first-order valence-electron chi connectivity index (χ1n) is 5.40. The van der Waals surface area contributed by atoms with Gasteiger partial charge in [0.2, 0.25) is 0 Å². The van der Waals surface area contributed by atoms with E-state index in [1.165, 1.54) is 6.42 Å². The molecule has 78 valence electrons. The molecule has 0 amide bonds. The van der Waals surface area contributed by atoms with E-state index in [1.807, 2.05) is 6.26 Å². The predicted molar refractivity (Wildman–Crippen MR) is 55.3 cm³/mol. The van der Waals surface area contributed by atoms with Gasteiger partial charge in [-0.15, -0.1) is 0 Å². The van der Waals surface area contributed by atoms with Crippen molar-refractivity contribution in [2.75, 3.05) is 13.1 Å². The molecule has 1 aliphatic rings. The fraction of sp³-hybridized carbons (Fsp3) is 0.727. The lowest BCUT2D eigenvalue weighted by Gasteiger charge is -2.03. The zero-order valence-corrected chi connectivity index (χ0v) is 8.92. The minimum Gasteiger partial charge on any atom is -0.448 e. The molecule has 1 unspecified atom stereocenters. The van der Waals surface area contributed by atoms with E-state index < -0.39 is 0 Å². The van der Waals surface area contributed by atoms with Gasteiger partial charge in [-0.25, -0.2) is 4.98 Å². The zero-order valence-electron chi connectivity index (χ0n) is 8.92. The highest BCUT2D eigenvalue weighted by Crippen LogP contribution is 2.18. The van der Waals surface area contributed by atoms with Crippen LogP contribution in [0.2, 0.25) is 0 Å². The Hall–Kier alpha value is -0.830. The third-order valence-electron chi connectivity index (χ3n) is 2.72. The van der Waals surface area contributed by atoms with E-state index in [-0.39, 0.29) is 0 Å². The standard InChI is InChI=1S/C11H18N2O/c1-8(2)11-13-10(7-14-11)5-9-3-4-12-6-9/h7-9,12H,3-6H2,1-2H3. The summed E-state index contributed by atoms with van der Waals surface area (Å²) in [5.74, 6) is 2.01. The van der Waals surface area contributed by atoms with Crippen LogP contribution in [0.4, 0.5) is 0 Å². The van der Waals surface area contributed by atoms with Crippen LogP contribution in [0, 0.1) is 5.92 Å². The molecule has 1 N–H and O–H groups in total. The summed E-state index contributed by atoms with van der Waals surface area (Å²) in [6.07, 6.45) is 4.14. The third-order valence-corrected chi connectivity index (χ3v) is 2.72. The Bertz CT molecular complexity index is 287. The molecular weight excluding hydrogens is 176 g/mol. The average Bonchev–Trinajstić information content (AvgIpc) is 2.75. The lowest BCUT2D eigenvalue weighted by Crippen LogP contribution is -2.10. The van der Waals surface area contributed by atoms with Gasteiger partial charge >= 0.3 is 0 Å². The van der Waals surface area contributed by atoms with Crippen molar-refractivity contribution in [2.24, 2.45) is 5.92 Å². The highest BCUT2D eigenvalue weighted by molar-refractivity contribution is 5.01. The maximum atomic E-state index is 5.40. The normalized spacial score (nSPS) is 22.1. The summed E-state index contributed by atoms with van der Waals surface area (Å²) in [7, 11) is 0. The summed E-state index contributed by atoms with van der Waals surface area (Å²) >= 11 is 0. The number of hydrogen-bond donors (Lipinski definition) is 1. The Kier molecular flexibility index (Phi) is 2.87. The van der Waals surface area contributed by atoms with Gasteiger partial charge in [-0.05, 0) is 31.8 Å². The van der Waals surface area contributed by atoms with E-state index in [0.717, 1.165) is 37.0 Å². The molecule has 0 radical (unpaired) electrons. The van der Waals surface area contributed by atoms with Gasteiger partial charge in [0.15, 0.2) is 5.89 Å². The van der Waals surface area contributed by atoms with Gasteiger partial charge in [-0.2, -0.15) is 0 Å². The van der Waals surface area contributed by atoms with Gasteiger partial charge in [-0.1, -0.05) is 13.8 Å². The van der Waals surface area contributed by atoms with Gasteiger partial charge in [-0.3, -0.25) is 0 Å². The number of nitrogens with one attached hydrogen (secondary N) is 1. The van der Waals surface area contributed by atoms with Crippen LogP contribution < -0.4 is 5.32 Å². The Labute approximate surface area is 84.9 Å². The molecule has 0 bridgehead atoms. The maximum absolute atomic E-state index is 5.40. The molecule has 1 aromatic heterocycles. The van der Waals surface area contributed by atoms with E-state index in [2.05, 4.69) is 24.1 Å². The van der Waals surface area contributed by atoms with Crippen LogP contribution in [0.5, 0.6) is 0 Å². The number of hydrogen-bond acceptors (Lipinski definition) is 3. The van der Waals surface area contributed by atoms with E-state index in [4.69, 9.17) is 4.42 Å². The van der Waals surface area contributed by atoms with Crippen molar-refractivity contribution >= 4 is 0 Å². The molecule has 14 heavy (non-hydrogen) atoms. The Morgan fingerprint density at radius 3 is 3.07 bits per heavy atom. The van der Waals surface area contributed by atoms with Crippen molar-refractivity contribution in [3.05, 3.63) is 17.8 Å². The van der Waals surface area contributed by atoms with Crippen molar-refractivity contribution in [1.82, 2.24) is 10.3 Å². The minimum absolute atomic E-state index is 0.394. The monoisotopic (exact) mass is 194 g/mol. The quantitative estimate of drug-likeness (QED) is 0.799. The molecule has 0 aromatic carbocycles. The number of oxazole rings is 1. The van der Waals surface area contributed by atoms with Crippen LogP contribution in [0.25, 0.3) is 0 Å². The van der Waals surface area contributed by atoms with Gasteiger partial charge in [0, 0.05) is 5.92 Å². The van der Waals surface area contributed by atoms with Gasteiger partial charge < -0.3 is 9.73 Å². The zero-order chi connectivity index (χ0) is 9.97. The Morgan fingerprint density at radius 1 is 1.64 bits per heavy atom. The molecule has 1 saturated heterocycles. The van der Waals surface area contributed by atoms with Crippen LogP contribution in [0.15, 0.2) is 10.7 Å². The van der Waals surface area contributed by atoms with Crippen molar-refractivity contribution in [3.8, 4) is 0 Å². The lowest BCUT2D eigenvalue weighted by atomic mass is 10.0. The van der Waals surface area contributed by atoms with E-state index in [9.17, 15) is 0 Å². The largest absolute Gasteiger partial charge is 0.448 e.